The number of nitrogens with two attached hydrogens (primary N) is 1. The molecule has 5 heterocycles. The molecule has 0 fully saturated rings. The molecule has 0 saturated carbocycles. The Morgan fingerprint density at radius 2 is 0.865 bits per heavy atom. The van der Waals surface area contributed by atoms with Gasteiger partial charge >= 0.3 is 11.9 Å². The number of ether oxygens (including phenoxy) is 6. The lowest BCUT2D eigenvalue weighted by Gasteiger charge is -2.21. The van der Waals surface area contributed by atoms with Crippen LogP contribution < -0.4 is 19.9 Å². The summed E-state index contributed by atoms with van der Waals surface area (Å²) in [4.78, 5) is 109. The van der Waals surface area contributed by atoms with Crippen LogP contribution in [0.4, 0.5) is 0 Å². The molecule has 0 aliphatic rings. The molecule has 648 valence electrons. The van der Waals surface area contributed by atoms with E-state index in [1.165, 1.54) is 0 Å². The van der Waals surface area contributed by atoms with Gasteiger partial charge in [0.1, 0.15) is 91.8 Å². The zero-order valence-corrected chi connectivity index (χ0v) is 76.8. The molecule has 0 saturated heterocycles. The van der Waals surface area contributed by atoms with Gasteiger partial charge in [-0.1, -0.05) is 139 Å². The minimum atomic E-state index is -1.25. The van der Waals surface area contributed by atoms with E-state index in [0.29, 0.717) is 89.7 Å². The van der Waals surface area contributed by atoms with E-state index in [4.69, 9.17) is 49.5 Å². The molecule has 0 aliphatic carbocycles. The van der Waals surface area contributed by atoms with Crippen molar-refractivity contribution in [3.8, 4) is 96.3 Å². The molecule has 0 bridgehead atoms. The number of Topliss-reactive ketones (excluding diaryl/α,β-unsaturated/α-hetero) is 4. The van der Waals surface area contributed by atoms with Gasteiger partial charge in [-0.25, -0.2) is 19.6 Å². The van der Waals surface area contributed by atoms with Gasteiger partial charge < -0.3 is 43.7 Å². The van der Waals surface area contributed by atoms with Crippen molar-refractivity contribution in [1.82, 2.24) is 34.5 Å². The zero-order valence-electron chi connectivity index (χ0n) is 72.7. The Bertz CT molecular complexity index is 5880. The molecule has 0 aliphatic heterocycles. The average Bonchev–Trinajstić information content (AvgIpc) is 1.65. The number of aromatic amines is 1. The van der Waals surface area contributed by atoms with Crippen LogP contribution in [0, 0.1) is 21.7 Å². The first-order chi connectivity index (χ1) is 60.1. The van der Waals surface area contributed by atoms with Gasteiger partial charge in [0.15, 0.2) is 5.78 Å². The van der Waals surface area contributed by atoms with Crippen molar-refractivity contribution in [3.63, 3.8) is 0 Å². The molecular formula is C101H103Br2N9O13Si. The zero-order chi connectivity index (χ0) is 90.7. The maximum Gasteiger partial charge on any atom is 0.338 e. The van der Waals surface area contributed by atoms with Gasteiger partial charge in [0.05, 0.1) is 67.4 Å². The first kappa shape index (κ1) is 95.2. The second-order valence-electron chi connectivity index (χ2n) is 33.1. The van der Waals surface area contributed by atoms with E-state index in [1.807, 2.05) is 253 Å². The molecule has 22 nitrogen and oxygen atoms in total. The van der Waals surface area contributed by atoms with Gasteiger partial charge in [0.2, 0.25) is 4.69 Å². The number of nitrogens with zero attached hydrogens (tertiary/aromatic N) is 6. The third kappa shape index (κ3) is 28.2. The number of amidine groups is 1. The second-order valence-corrected chi connectivity index (χ2v) is 40.0. The molecule has 5 aromatic heterocycles. The number of carbonyl (C=O) groups is 7. The van der Waals surface area contributed by atoms with Gasteiger partial charge in [-0.2, -0.15) is 0 Å². The van der Waals surface area contributed by atoms with Gasteiger partial charge in [-0.15, -0.1) is 0 Å². The van der Waals surface area contributed by atoms with Crippen molar-refractivity contribution in [1.29, 1.82) is 5.41 Å². The molecule has 25 heteroatoms. The first-order valence-corrected chi connectivity index (χ1v) is 46.4. The Morgan fingerprint density at radius 3 is 1.29 bits per heavy atom. The normalized spacial score (nSPS) is 11.2. The minimum absolute atomic E-state index is 0.000818. The summed E-state index contributed by atoms with van der Waals surface area (Å²) < 4.78 is 36.3. The second kappa shape index (κ2) is 44.5. The van der Waals surface area contributed by atoms with Crippen molar-refractivity contribution in [2.75, 3.05) is 31.8 Å². The number of rotatable bonds is 34. The van der Waals surface area contributed by atoms with Crippen molar-refractivity contribution in [2.24, 2.45) is 22.0 Å². The van der Waals surface area contributed by atoms with Crippen LogP contribution in [0.25, 0.3) is 79.1 Å². The number of aromatic nitrogens is 7. The van der Waals surface area contributed by atoms with Crippen LogP contribution in [-0.2, 0) is 48.5 Å². The van der Waals surface area contributed by atoms with Crippen molar-refractivity contribution >= 4 is 85.5 Å². The molecule has 13 aromatic rings. The van der Waals surface area contributed by atoms with Crippen LogP contribution in [0.3, 0.4) is 0 Å². The van der Waals surface area contributed by atoms with Crippen molar-refractivity contribution in [3.05, 3.63) is 313 Å². The highest BCUT2D eigenvalue weighted by molar-refractivity contribution is 9.18. The summed E-state index contributed by atoms with van der Waals surface area (Å²) >= 11 is 5.89. The Morgan fingerprint density at radius 1 is 0.444 bits per heavy atom. The standard InChI is InChI=1S/C40H45N3O5Si.C34H31N3O4.C18H21N3O2.C9H6Br2O2/c1-29(44)40(2,3)27-48-35-18-15-31(16-19-35)36-20-17-34(24-41-36)38-42-37(25-43(38)28-46-21-22-49(4,5)6)32-13-10-14-33(23-32)39(45)47-26-30-11-8-7-9-12-30;1-23(38)34(2,3)22-41-29-15-12-25(13-16-29)30-17-14-28(19-35-30)32-36-20-31(37-32)26-10-7-11-27(18-26)33(39)40-21-24-8-5-4-6-9-24;1-12(22)18(2,3)11-23-15-7-4-13(5-8-15)16-9-6-14(10-21-16)17(19)20;10-5-8(12)6-2-1-3-7(4-6)9(11)13/h7-20,23-25H,21-22,26-28H2,1-6H3;4-20H,21-22H2,1-3H3,(H,36,37);4-10H,11H2,1-3H3,(H3,19,20);1-4H,5H2. The van der Waals surface area contributed by atoms with E-state index in [1.54, 1.807) is 87.9 Å². The van der Waals surface area contributed by atoms with E-state index in [-0.39, 0.29) is 64.1 Å². The lowest BCUT2D eigenvalue weighted by molar-refractivity contribution is -0.127. The number of hydrogen-bond donors (Lipinski definition) is 3. The molecule has 4 N–H and O–H groups in total. The summed E-state index contributed by atoms with van der Waals surface area (Å²) in [6.07, 6.45) is 8.87. The van der Waals surface area contributed by atoms with Crippen LogP contribution in [0.15, 0.2) is 274 Å². The van der Waals surface area contributed by atoms with E-state index < -0.39 is 24.3 Å². The topological polar surface area (TPSA) is 310 Å². The monoisotopic (exact) mass is 1840 g/mol. The number of carbonyl (C=O) groups excluding carboxylic acids is 7. The molecular weight excluding hydrogens is 1740 g/mol. The van der Waals surface area contributed by atoms with Crippen LogP contribution in [-0.4, -0.2) is 120 Å². The molecule has 0 atom stereocenters. The third-order valence-corrected chi connectivity index (χ3v) is 23.3. The smallest absolute Gasteiger partial charge is 0.338 e. The van der Waals surface area contributed by atoms with Crippen LogP contribution in [0.1, 0.15) is 120 Å². The number of esters is 2. The lowest BCUT2D eigenvalue weighted by atomic mass is 9.90. The molecule has 126 heavy (non-hydrogen) atoms. The molecule has 0 unspecified atom stereocenters. The van der Waals surface area contributed by atoms with Crippen molar-refractivity contribution in [2.45, 2.75) is 108 Å². The summed E-state index contributed by atoms with van der Waals surface area (Å²) in [5.74, 6) is 2.99. The molecule has 13 rings (SSSR count). The fraction of sp³-hybridized carbons (Fsp3) is 0.238. The predicted octanol–water partition coefficient (Wildman–Crippen LogP) is 21.9. The number of pyridine rings is 3. The molecule has 0 spiro atoms. The van der Waals surface area contributed by atoms with Gasteiger partial charge in [-0.05, 0) is 235 Å². The maximum absolute atomic E-state index is 12.9. The quantitative estimate of drug-likeness (QED) is 0.00493. The van der Waals surface area contributed by atoms with Crippen LogP contribution in [0.5, 0.6) is 17.2 Å². The van der Waals surface area contributed by atoms with Gasteiger partial charge in [-0.3, -0.25) is 44.3 Å². The summed E-state index contributed by atoms with van der Waals surface area (Å²) in [6.45, 7) is 25.4. The number of imidazole rings is 2. The summed E-state index contributed by atoms with van der Waals surface area (Å²) in [7, 11) is -1.25. The predicted molar refractivity (Wildman–Crippen MR) is 503 cm³/mol. The molecule has 0 amide bonds. The van der Waals surface area contributed by atoms with Crippen LogP contribution in [0.2, 0.25) is 25.7 Å². The summed E-state index contributed by atoms with van der Waals surface area (Å²) in [6, 6.07) is 75.8. The van der Waals surface area contributed by atoms with Gasteiger partial charge in [0, 0.05) is 95.1 Å². The van der Waals surface area contributed by atoms with Gasteiger partial charge in [0.25, 0.3) is 0 Å². The highest BCUT2D eigenvalue weighted by Crippen LogP contribution is 2.33. The van der Waals surface area contributed by atoms with E-state index in [0.717, 1.165) is 84.7 Å². The third-order valence-electron chi connectivity index (χ3n) is 20.6. The number of nitrogens with one attached hydrogen (secondary N) is 2. The number of alkyl halides is 1. The number of H-pyrrole nitrogens is 1. The van der Waals surface area contributed by atoms with E-state index >= 15 is 0 Å². The summed E-state index contributed by atoms with van der Waals surface area (Å²) in [5.41, 5.74) is 18.3. The molecule has 8 aromatic carbocycles. The Hall–Kier alpha value is -13.1. The number of hydrogen-bond acceptors (Lipinski definition) is 19. The number of benzene rings is 8. The van der Waals surface area contributed by atoms with E-state index in [2.05, 4.69) is 71.4 Å². The number of nitrogen functional groups attached to an aromatic ring is 1. The maximum atomic E-state index is 12.9. The highest BCUT2D eigenvalue weighted by atomic mass is 79.9. The Labute approximate surface area is 752 Å². The minimum Gasteiger partial charge on any atom is -0.493 e. The largest absolute Gasteiger partial charge is 0.493 e. The highest BCUT2D eigenvalue weighted by Gasteiger charge is 2.28. The lowest BCUT2D eigenvalue weighted by Crippen LogP contribution is -2.28. The fourth-order valence-electron chi connectivity index (χ4n) is 11.6. The SMILES string of the molecule is CC(=O)C(C)(C)COc1ccc(-c2ccc(-c3nc(-c4cccc(C(=O)OCc5ccccc5)c4)cn3COCC[Si](C)(C)C)cn2)cc1.CC(=O)C(C)(C)COc1ccc(-c2ccc(-c3ncc(-c4cccc(C(=O)OCc5ccccc5)c4)[nH]3)cn2)cc1.CC(=O)C(C)(C)COc1ccc(-c2ccc(C(=N)N)cn2)cc1.O=C(Br)c1cccc(C(=O)CBr)c1. The van der Waals surface area contributed by atoms with Crippen molar-refractivity contribution < 1.29 is 62.0 Å². The van der Waals surface area contributed by atoms with E-state index in [9.17, 15) is 33.6 Å². The first-order valence-electron chi connectivity index (χ1n) is 40.8. The average molecular weight is 1840 g/mol. The fourth-order valence-corrected chi connectivity index (χ4v) is 12.9. The molecule has 0 radical (unpaired) electrons. The Kier molecular flexibility index (Phi) is 33.6. The Balaban J connectivity index is 0.000000192. The van der Waals surface area contributed by atoms with Crippen LogP contribution >= 0.6 is 31.9 Å². The number of halogens is 2. The summed E-state index contributed by atoms with van der Waals surface area (Å²) in [5, 5.41) is 7.63. The number of ketones is 4.